The summed E-state index contributed by atoms with van der Waals surface area (Å²) in [6.07, 6.45) is 7.49. The van der Waals surface area contributed by atoms with Crippen LogP contribution in [-0.2, 0) is 6.42 Å². The van der Waals surface area contributed by atoms with Crippen molar-refractivity contribution >= 4 is 10.8 Å². The smallest absolute Gasteiger partial charge is 0.387 e. The monoisotopic (exact) mass is 412 g/mol. The Morgan fingerprint density at radius 3 is 2.43 bits per heavy atom. The van der Waals surface area contributed by atoms with E-state index in [9.17, 15) is 13.2 Å². The Labute approximate surface area is 174 Å². The molecule has 0 atom stereocenters. The molecule has 0 radical (unpaired) electrons. The lowest BCUT2D eigenvalue weighted by atomic mass is 9.98. The van der Waals surface area contributed by atoms with Crippen molar-refractivity contribution in [3.8, 4) is 22.6 Å². The zero-order valence-electron chi connectivity index (χ0n) is 16.7. The number of allylic oxidation sites excluding steroid dienone is 2. The number of halogens is 3. The van der Waals surface area contributed by atoms with Crippen LogP contribution in [0.25, 0.3) is 21.9 Å². The van der Waals surface area contributed by atoms with Crippen molar-refractivity contribution in [3.63, 3.8) is 0 Å². The maximum absolute atomic E-state index is 14.9. The Bertz CT molecular complexity index is 1040. The Hall–Kier alpha value is -3.21. The number of hydrogen-bond acceptors (Lipinski definition) is 2. The summed E-state index contributed by atoms with van der Waals surface area (Å²) < 4.78 is 50.3. The number of rotatable bonds is 9. The molecule has 0 unspecified atom stereocenters. The van der Waals surface area contributed by atoms with Crippen LogP contribution in [0.1, 0.15) is 18.9 Å². The van der Waals surface area contributed by atoms with Gasteiger partial charge in [-0.2, -0.15) is 8.78 Å². The maximum Gasteiger partial charge on any atom is 0.387 e. The summed E-state index contributed by atoms with van der Waals surface area (Å²) in [6.45, 7) is 2.37. The summed E-state index contributed by atoms with van der Waals surface area (Å²) in [7, 11) is 0. The highest BCUT2D eigenvalue weighted by Crippen LogP contribution is 2.38. The van der Waals surface area contributed by atoms with Crippen LogP contribution in [0.15, 0.2) is 73.3 Å². The minimum Gasteiger partial charge on any atom is -0.483 e. The number of benzene rings is 3. The lowest BCUT2D eigenvalue weighted by Crippen LogP contribution is -2.06. The molecule has 0 saturated carbocycles. The Balaban J connectivity index is 1.97. The van der Waals surface area contributed by atoms with Crippen LogP contribution in [0.5, 0.6) is 11.5 Å². The third kappa shape index (κ3) is 5.03. The van der Waals surface area contributed by atoms with Crippen molar-refractivity contribution in [1.29, 1.82) is 0 Å². The van der Waals surface area contributed by atoms with Gasteiger partial charge in [-0.15, -0.1) is 0 Å². The highest BCUT2D eigenvalue weighted by molar-refractivity contribution is 5.90. The summed E-state index contributed by atoms with van der Waals surface area (Å²) in [6, 6.07) is 14.7. The van der Waals surface area contributed by atoms with Crippen LogP contribution in [0, 0.1) is 5.82 Å². The van der Waals surface area contributed by atoms with E-state index in [1.54, 1.807) is 18.2 Å². The van der Waals surface area contributed by atoms with Gasteiger partial charge in [0.1, 0.15) is 6.61 Å². The standard InChI is InChI=1S/C25H23F3O2/c1-3-5-6-7-17-8-10-18(11-9-17)19-12-13-21-20(15-19)16-22(30-25(27)28)24(23(21)26)29-14-4-2/h3-5,8-13,15-16,25H,2,6-7,14H2,1H3/b5-3+. The Morgan fingerprint density at radius 2 is 1.77 bits per heavy atom. The molecule has 0 aliphatic rings. The Morgan fingerprint density at radius 1 is 1.03 bits per heavy atom. The van der Waals surface area contributed by atoms with Crippen molar-refractivity contribution < 1.29 is 22.6 Å². The van der Waals surface area contributed by atoms with Crippen LogP contribution in [0.3, 0.4) is 0 Å². The van der Waals surface area contributed by atoms with Gasteiger partial charge in [-0.25, -0.2) is 4.39 Å². The van der Waals surface area contributed by atoms with Gasteiger partial charge < -0.3 is 9.47 Å². The van der Waals surface area contributed by atoms with Crippen molar-refractivity contribution in [2.24, 2.45) is 0 Å². The summed E-state index contributed by atoms with van der Waals surface area (Å²) in [4.78, 5) is 0. The van der Waals surface area contributed by atoms with Crippen molar-refractivity contribution in [1.82, 2.24) is 0 Å². The number of hydrogen-bond donors (Lipinski definition) is 0. The highest BCUT2D eigenvalue weighted by atomic mass is 19.3. The van der Waals surface area contributed by atoms with E-state index in [0.717, 1.165) is 24.0 Å². The summed E-state index contributed by atoms with van der Waals surface area (Å²) in [5.41, 5.74) is 3.03. The normalized spacial score (nSPS) is 11.4. The molecule has 0 saturated heterocycles. The van der Waals surface area contributed by atoms with Crippen LogP contribution in [0.4, 0.5) is 13.2 Å². The van der Waals surface area contributed by atoms with Gasteiger partial charge in [-0.1, -0.05) is 61.2 Å². The van der Waals surface area contributed by atoms with Crippen molar-refractivity contribution in [3.05, 3.63) is 84.7 Å². The zero-order chi connectivity index (χ0) is 21.5. The second-order valence-electron chi connectivity index (χ2n) is 6.74. The fourth-order valence-electron chi connectivity index (χ4n) is 3.24. The van der Waals surface area contributed by atoms with Crippen LogP contribution < -0.4 is 9.47 Å². The molecular weight excluding hydrogens is 389 g/mol. The van der Waals surface area contributed by atoms with Gasteiger partial charge in [-0.05, 0) is 54.0 Å². The average Bonchev–Trinajstić information content (AvgIpc) is 2.73. The van der Waals surface area contributed by atoms with Gasteiger partial charge in [0.25, 0.3) is 0 Å². The minimum atomic E-state index is -3.09. The third-order valence-corrected chi connectivity index (χ3v) is 4.68. The highest BCUT2D eigenvalue weighted by Gasteiger charge is 2.19. The SMILES string of the molecule is C=CCOc1c(OC(F)F)cc2cc(-c3ccc(CC/C=C/C)cc3)ccc2c1F. The molecule has 3 aromatic rings. The predicted molar refractivity (Wildman–Crippen MR) is 115 cm³/mol. The van der Waals surface area contributed by atoms with Gasteiger partial charge >= 0.3 is 6.61 Å². The largest absolute Gasteiger partial charge is 0.483 e. The second kappa shape index (κ2) is 10.0. The number of aryl methyl sites for hydroxylation is 1. The van der Waals surface area contributed by atoms with E-state index in [0.29, 0.717) is 5.39 Å². The fourth-order valence-corrected chi connectivity index (χ4v) is 3.24. The molecule has 0 spiro atoms. The summed E-state index contributed by atoms with van der Waals surface area (Å²) >= 11 is 0. The molecule has 0 fully saturated rings. The lowest BCUT2D eigenvalue weighted by Gasteiger charge is -2.15. The van der Waals surface area contributed by atoms with Crippen LogP contribution >= 0.6 is 0 Å². The number of alkyl halides is 2. The molecule has 3 aromatic carbocycles. The van der Waals surface area contributed by atoms with Gasteiger partial charge in [0.05, 0.1) is 0 Å². The van der Waals surface area contributed by atoms with Crippen molar-refractivity contribution in [2.75, 3.05) is 6.61 Å². The predicted octanol–water partition coefficient (Wildman–Crippen LogP) is 7.32. The molecule has 0 aliphatic heterocycles. The van der Waals surface area contributed by atoms with Crippen LogP contribution in [0.2, 0.25) is 0 Å². The van der Waals surface area contributed by atoms with E-state index in [1.807, 2.05) is 25.1 Å². The molecular formula is C25H23F3O2. The number of fused-ring (bicyclic) bond motifs is 1. The van der Waals surface area contributed by atoms with Gasteiger partial charge in [-0.3, -0.25) is 0 Å². The first-order valence-corrected chi connectivity index (χ1v) is 9.68. The molecule has 30 heavy (non-hydrogen) atoms. The molecule has 0 heterocycles. The lowest BCUT2D eigenvalue weighted by molar-refractivity contribution is -0.0515. The molecule has 0 aliphatic carbocycles. The average molecular weight is 412 g/mol. The topological polar surface area (TPSA) is 18.5 Å². The fraction of sp³-hybridized carbons (Fsp3) is 0.200. The van der Waals surface area contributed by atoms with Gasteiger partial charge in [0.15, 0.2) is 17.3 Å². The van der Waals surface area contributed by atoms with Gasteiger partial charge in [0.2, 0.25) is 0 Å². The van der Waals surface area contributed by atoms with Crippen molar-refractivity contribution in [2.45, 2.75) is 26.4 Å². The van der Waals surface area contributed by atoms with Gasteiger partial charge in [0, 0.05) is 5.39 Å². The van der Waals surface area contributed by atoms with E-state index in [1.165, 1.54) is 17.7 Å². The quantitative estimate of drug-likeness (QED) is 0.343. The summed E-state index contributed by atoms with van der Waals surface area (Å²) in [5, 5.41) is 0.714. The molecule has 0 bridgehead atoms. The van der Waals surface area contributed by atoms with E-state index < -0.39 is 12.4 Å². The first-order valence-electron chi connectivity index (χ1n) is 9.68. The second-order valence-corrected chi connectivity index (χ2v) is 6.74. The van der Waals surface area contributed by atoms with E-state index in [2.05, 4.69) is 29.5 Å². The molecule has 3 rings (SSSR count). The first kappa shape index (κ1) is 21.5. The zero-order valence-corrected chi connectivity index (χ0v) is 16.7. The third-order valence-electron chi connectivity index (χ3n) is 4.68. The molecule has 0 N–H and O–H groups in total. The van der Waals surface area contributed by atoms with Crippen LogP contribution in [-0.4, -0.2) is 13.2 Å². The maximum atomic E-state index is 14.9. The summed E-state index contributed by atoms with van der Waals surface area (Å²) in [5.74, 6) is -1.43. The molecule has 2 nitrogen and oxygen atoms in total. The Kier molecular flexibility index (Phi) is 7.17. The van der Waals surface area contributed by atoms with E-state index in [-0.39, 0.29) is 23.5 Å². The molecule has 0 aromatic heterocycles. The molecule has 5 heteroatoms. The van der Waals surface area contributed by atoms with E-state index in [4.69, 9.17) is 4.74 Å². The molecule has 0 amide bonds. The first-order chi connectivity index (χ1) is 14.5. The minimum absolute atomic E-state index is 0.0273. The van der Waals surface area contributed by atoms with E-state index >= 15 is 0 Å². The molecule has 156 valence electrons. The number of ether oxygens (including phenoxy) is 2.